The van der Waals surface area contributed by atoms with E-state index in [4.69, 9.17) is 4.74 Å². The van der Waals surface area contributed by atoms with Gasteiger partial charge in [-0.3, -0.25) is 0 Å². The molecule has 1 aliphatic heterocycles. The van der Waals surface area contributed by atoms with Crippen LogP contribution < -0.4 is 0 Å². The summed E-state index contributed by atoms with van der Waals surface area (Å²) in [6.45, 7) is 0.605. The fourth-order valence-corrected chi connectivity index (χ4v) is 2.92. The van der Waals surface area contributed by atoms with E-state index in [-0.39, 0.29) is 0 Å². The molecule has 4 heteroatoms. The highest BCUT2D eigenvalue weighted by atomic mass is 32.2. The van der Waals surface area contributed by atoms with E-state index >= 15 is 0 Å². The van der Waals surface area contributed by atoms with Crippen molar-refractivity contribution in [1.82, 2.24) is 0 Å². The van der Waals surface area contributed by atoms with E-state index in [1.807, 2.05) is 0 Å². The molecule has 2 rings (SSSR count). The van der Waals surface area contributed by atoms with Crippen LogP contribution in [-0.2, 0) is 14.6 Å². The molecule has 0 aromatic heterocycles. The molecule has 0 aliphatic carbocycles. The van der Waals surface area contributed by atoms with E-state index in [2.05, 4.69) is 0 Å². The highest BCUT2D eigenvalue weighted by Gasteiger charge is 2.22. The lowest BCUT2D eigenvalue weighted by molar-refractivity contribution is 0.228. The van der Waals surface area contributed by atoms with E-state index in [1.54, 1.807) is 30.3 Å². The molecule has 1 aromatic rings. The monoisotopic (exact) mass is 224 g/mol. The third-order valence-corrected chi connectivity index (χ3v) is 4.18. The van der Waals surface area contributed by atoms with Crippen LogP contribution in [0.15, 0.2) is 46.4 Å². The van der Waals surface area contributed by atoms with Gasteiger partial charge >= 0.3 is 0 Å². The molecule has 0 atom stereocenters. The first kappa shape index (κ1) is 10.2. The van der Waals surface area contributed by atoms with Gasteiger partial charge in [-0.25, -0.2) is 8.42 Å². The van der Waals surface area contributed by atoms with Gasteiger partial charge in [0.05, 0.1) is 22.7 Å². The van der Waals surface area contributed by atoms with E-state index in [1.165, 1.54) is 6.26 Å². The van der Waals surface area contributed by atoms with Crippen molar-refractivity contribution in [3.8, 4) is 0 Å². The minimum Gasteiger partial charge on any atom is -0.500 e. The molecule has 0 bridgehead atoms. The molecule has 0 saturated heterocycles. The van der Waals surface area contributed by atoms with Crippen LogP contribution in [0.25, 0.3) is 0 Å². The van der Waals surface area contributed by atoms with E-state index in [9.17, 15) is 8.42 Å². The Kier molecular flexibility index (Phi) is 2.77. The van der Waals surface area contributed by atoms with E-state index < -0.39 is 9.84 Å². The normalized spacial score (nSPS) is 16.7. The maximum absolute atomic E-state index is 12.0. The van der Waals surface area contributed by atoms with Gasteiger partial charge in [-0.15, -0.1) is 0 Å². The fraction of sp³-hybridized carbons (Fsp3) is 0.273. The summed E-state index contributed by atoms with van der Waals surface area (Å²) in [7, 11) is -3.33. The van der Waals surface area contributed by atoms with E-state index in [0.29, 0.717) is 22.8 Å². The van der Waals surface area contributed by atoms with Crippen LogP contribution in [0.5, 0.6) is 0 Å². The molecular weight excluding hydrogens is 212 g/mol. The largest absolute Gasteiger partial charge is 0.500 e. The summed E-state index contributed by atoms with van der Waals surface area (Å²) in [5.41, 5.74) is 0. The van der Waals surface area contributed by atoms with Gasteiger partial charge in [0.2, 0.25) is 9.84 Å². The van der Waals surface area contributed by atoms with Crippen LogP contribution in [0.1, 0.15) is 12.8 Å². The van der Waals surface area contributed by atoms with Crippen LogP contribution in [0.4, 0.5) is 0 Å². The standard InChI is InChI=1S/C11H12O3S/c12-15(13,10-5-2-1-3-6-10)11-7-4-8-14-9-11/h1-3,5-6,9H,4,7-8H2. The van der Waals surface area contributed by atoms with Crippen LogP contribution in [0, 0.1) is 0 Å². The summed E-state index contributed by atoms with van der Waals surface area (Å²) >= 11 is 0. The topological polar surface area (TPSA) is 43.4 Å². The molecule has 0 saturated carbocycles. The van der Waals surface area contributed by atoms with Crippen molar-refractivity contribution in [2.24, 2.45) is 0 Å². The van der Waals surface area contributed by atoms with Crippen molar-refractivity contribution in [2.45, 2.75) is 17.7 Å². The van der Waals surface area contributed by atoms with Crippen LogP contribution in [0.3, 0.4) is 0 Å². The minimum atomic E-state index is -3.33. The molecule has 0 N–H and O–H groups in total. The number of allylic oxidation sites excluding steroid dienone is 1. The van der Waals surface area contributed by atoms with Gasteiger partial charge in [0.25, 0.3) is 0 Å². The second kappa shape index (κ2) is 4.06. The van der Waals surface area contributed by atoms with Crippen molar-refractivity contribution in [3.63, 3.8) is 0 Å². The van der Waals surface area contributed by atoms with Crippen LogP contribution in [0.2, 0.25) is 0 Å². The summed E-state index contributed by atoms with van der Waals surface area (Å²) in [5.74, 6) is 0. The molecule has 0 amide bonds. The van der Waals surface area contributed by atoms with Crippen LogP contribution in [-0.4, -0.2) is 15.0 Å². The average molecular weight is 224 g/mol. The predicted molar refractivity (Wildman–Crippen MR) is 56.9 cm³/mol. The Morgan fingerprint density at radius 3 is 2.47 bits per heavy atom. The van der Waals surface area contributed by atoms with Crippen molar-refractivity contribution in [3.05, 3.63) is 41.5 Å². The zero-order valence-electron chi connectivity index (χ0n) is 8.22. The summed E-state index contributed by atoms with van der Waals surface area (Å²) in [6, 6.07) is 8.44. The Bertz CT molecular complexity index is 460. The summed E-state index contributed by atoms with van der Waals surface area (Å²) in [4.78, 5) is 0.710. The molecule has 1 aliphatic rings. The SMILES string of the molecule is O=S(=O)(C1=COCCC1)c1ccccc1. The Hall–Kier alpha value is -1.29. The van der Waals surface area contributed by atoms with Crippen LogP contribution >= 0.6 is 0 Å². The van der Waals surface area contributed by atoms with Crippen molar-refractivity contribution in [2.75, 3.05) is 6.61 Å². The molecule has 15 heavy (non-hydrogen) atoms. The molecule has 0 radical (unpaired) electrons. The molecule has 80 valence electrons. The number of ether oxygens (including phenoxy) is 1. The Morgan fingerprint density at radius 1 is 1.13 bits per heavy atom. The summed E-state index contributed by atoms with van der Waals surface area (Å²) in [6.07, 6.45) is 2.70. The second-order valence-corrected chi connectivity index (χ2v) is 5.38. The summed E-state index contributed by atoms with van der Waals surface area (Å²) in [5, 5.41) is 0. The average Bonchev–Trinajstić information content (AvgIpc) is 2.31. The number of benzene rings is 1. The lowest BCUT2D eigenvalue weighted by Gasteiger charge is -2.13. The third-order valence-electron chi connectivity index (χ3n) is 2.30. The van der Waals surface area contributed by atoms with Crippen molar-refractivity contribution >= 4 is 9.84 Å². The van der Waals surface area contributed by atoms with Crippen molar-refractivity contribution < 1.29 is 13.2 Å². The second-order valence-electron chi connectivity index (χ2n) is 3.37. The Labute approximate surface area is 89.3 Å². The van der Waals surface area contributed by atoms with Gasteiger partial charge in [0.1, 0.15) is 0 Å². The van der Waals surface area contributed by atoms with Gasteiger partial charge in [0.15, 0.2) is 0 Å². The molecule has 0 unspecified atom stereocenters. The quantitative estimate of drug-likeness (QED) is 0.772. The van der Waals surface area contributed by atoms with Gasteiger partial charge < -0.3 is 4.74 Å². The number of rotatable bonds is 2. The third kappa shape index (κ3) is 2.04. The zero-order valence-corrected chi connectivity index (χ0v) is 9.03. The Morgan fingerprint density at radius 2 is 1.87 bits per heavy atom. The maximum atomic E-state index is 12.0. The van der Waals surface area contributed by atoms with Gasteiger partial charge in [-0.2, -0.15) is 0 Å². The maximum Gasteiger partial charge on any atom is 0.205 e. The first-order chi connectivity index (χ1) is 7.21. The lowest BCUT2D eigenvalue weighted by atomic mass is 10.3. The first-order valence-corrected chi connectivity index (χ1v) is 6.30. The lowest BCUT2D eigenvalue weighted by Crippen LogP contribution is -2.10. The molecular formula is C11H12O3S. The van der Waals surface area contributed by atoms with Gasteiger partial charge in [0, 0.05) is 0 Å². The van der Waals surface area contributed by atoms with Crippen molar-refractivity contribution in [1.29, 1.82) is 0 Å². The Balaban J connectivity index is 2.39. The van der Waals surface area contributed by atoms with E-state index in [0.717, 1.165) is 6.42 Å². The molecule has 1 aromatic carbocycles. The molecule has 1 heterocycles. The fourth-order valence-electron chi connectivity index (χ4n) is 1.49. The predicted octanol–water partition coefficient (Wildman–Crippen LogP) is 2.11. The number of hydrogen-bond acceptors (Lipinski definition) is 3. The molecule has 3 nitrogen and oxygen atoms in total. The van der Waals surface area contributed by atoms with Gasteiger partial charge in [-0.1, -0.05) is 18.2 Å². The minimum absolute atomic E-state index is 0.335. The first-order valence-electron chi connectivity index (χ1n) is 4.82. The highest BCUT2D eigenvalue weighted by Crippen LogP contribution is 2.24. The number of hydrogen-bond donors (Lipinski definition) is 0. The number of sulfone groups is 1. The highest BCUT2D eigenvalue weighted by molar-refractivity contribution is 7.95. The smallest absolute Gasteiger partial charge is 0.205 e. The molecule has 0 fully saturated rings. The zero-order chi connectivity index (χ0) is 10.7. The van der Waals surface area contributed by atoms with Gasteiger partial charge in [-0.05, 0) is 25.0 Å². The summed E-state index contributed by atoms with van der Waals surface area (Å²) < 4.78 is 29.1. The molecule has 0 spiro atoms.